The molecule has 1 amide bonds. The van der Waals surface area contributed by atoms with Crippen LogP contribution in [-0.4, -0.2) is 36.1 Å². The Labute approximate surface area is 175 Å². The van der Waals surface area contributed by atoms with E-state index in [1.807, 2.05) is 67.8 Å². The van der Waals surface area contributed by atoms with Gasteiger partial charge in [0.1, 0.15) is 17.4 Å². The molecule has 0 aliphatic carbocycles. The molecule has 0 N–H and O–H groups in total. The summed E-state index contributed by atoms with van der Waals surface area (Å²) in [5.41, 5.74) is 3.69. The highest BCUT2D eigenvalue weighted by atomic mass is 32.1. The molecule has 0 spiro atoms. The Morgan fingerprint density at radius 3 is 2.72 bits per heavy atom. The molecule has 152 valence electrons. The van der Waals surface area contributed by atoms with Gasteiger partial charge >= 0.3 is 0 Å². The minimum absolute atomic E-state index is 0.00860. The van der Waals surface area contributed by atoms with Gasteiger partial charge < -0.3 is 14.4 Å². The second kappa shape index (κ2) is 10.2. The largest absolute Gasteiger partial charge is 0.486 e. The van der Waals surface area contributed by atoms with Crippen molar-refractivity contribution in [2.45, 2.75) is 27.0 Å². The first-order valence-electron chi connectivity index (χ1n) is 9.53. The standard InChI is InChI=1S/C23H26N2O3S/c1-17-7-6-9-20(13-17)28-15-22-24-19(16-29-22)14-25(11-12-27-3)23(26)21-10-5-4-8-18(21)2/h4-10,13,16H,11-12,14-15H2,1-3H3. The molecule has 1 heterocycles. The maximum atomic E-state index is 13.0. The van der Waals surface area contributed by atoms with E-state index in [0.717, 1.165) is 27.6 Å². The number of ether oxygens (including phenoxy) is 2. The van der Waals surface area contributed by atoms with E-state index >= 15 is 0 Å². The monoisotopic (exact) mass is 410 g/mol. The number of carbonyl (C=O) groups excluding carboxylic acids is 1. The number of hydrogen-bond acceptors (Lipinski definition) is 5. The molecular formula is C23H26N2O3S. The fourth-order valence-corrected chi connectivity index (χ4v) is 3.67. The van der Waals surface area contributed by atoms with Crippen LogP contribution in [0.25, 0.3) is 0 Å². The van der Waals surface area contributed by atoms with Gasteiger partial charge in [0.2, 0.25) is 0 Å². The number of aryl methyl sites for hydroxylation is 2. The zero-order chi connectivity index (χ0) is 20.6. The third-order valence-electron chi connectivity index (χ3n) is 4.53. The number of benzene rings is 2. The summed E-state index contributed by atoms with van der Waals surface area (Å²) in [6.07, 6.45) is 0. The second-order valence-electron chi connectivity index (χ2n) is 6.87. The van der Waals surface area contributed by atoms with Gasteiger partial charge in [-0.1, -0.05) is 30.3 Å². The normalized spacial score (nSPS) is 10.7. The predicted molar refractivity (Wildman–Crippen MR) is 115 cm³/mol. The average Bonchev–Trinajstić information content (AvgIpc) is 3.17. The first kappa shape index (κ1) is 21.0. The van der Waals surface area contributed by atoms with Crippen LogP contribution >= 0.6 is 11.3 Å². The summed E-state index contributed by atoms with van der Waals surface area (Å²) in [6, 6.07) is 15.6. The molecule has 0 bridgehead atoms. The molecular weight excluding hydrogens is 384 g/mol. The fourth-order valence-electron chi connectivity index (χ4n) is 2.97. The van der Waals surface area contributed by atoms with Crippen LogP contribution in [0.3, 0.4) is 0 Å². The Bertz CT molecular complexity index is 955. The molecule has 0 unspecified atom stereocenters. The van der Waals surface area contributed by atoms with Crippen LogP contribution in [0.15, 0.2) is 53.9 Å². The minimum atomic E-state index is -0.00860. The SMILES string of the molecule is COCCN(Cc1csc(COc2cccc(C)c2)n1)C(=O)c1ccccc1C. The van der Waals surface area contributed by atoms with Gasteiger partial charge in [0.25, 0.3) is 5.91 Å². The lowest BCUT2D eigenvalue weighted by molar-refractivity contribution is 0.0677. The number of hydrogen-bond donors (Lipinski definition) is 0. The van der Waals surface area contributed by atoms with E-state index in [1.54, 1.807) is 23.3 Å². The molecule has 0 radical (unpaired) electrons. The van der Waals surface area contributed by atoms with Crippen LogP contribution in [0.2, 0.25) is 0 Å². The van der Waals surface area contributed by atoms with Gasteiger partial charge in [-0.05, 0) is 43.2 Å². The van der Waals surface area contributed by atoms with Crippen LogP contribution in [0, 0.1) is 13.8 Å². The molecule has 1 aromatic heterocycles. The molecule has 0 fully saturated rings. The van der Waals surface area contributed by atoms with Gasteiger partial charge in [0, 0.05) is 24.6 Å². The van der Waals surface area contributed by atoms with Crippen molar-refractivity contribution in [2.75, 3.05) is 20.3 Å². The van der Waals surface area contributed by atoms with Crippen molar-refractivity contribution >= 4 is 17.2 Å². The highest BCUT2D eigenvalue weighted by molar-refractivity contribution is 7.09. The lowest BCUT2D eigenvalue weighted by Crippen LogP contribution is -2.34. The van der Waals surface area contributed by atoms with Crippen molar-refractivity contribution in [1.82, 2.24) is 9.88 Å². The topological polar surface area (TPSA) is 51.7 Å². The number of methoxy groups -OCH3 is 1. The number of nitrogens with zero attached hydrogens (tertiary/aromatic N) is 2. The van der Waals surface area contributed by atoms with Crippen molar-refractivity contribution in [1.29, 1.82) is 0 Å². The highest BCUT2D eigenvalue weighted by Gasteiger charge is 2.19. The number of rotatable bonds is 9. The molecule has 3 aromatic rings. The number of carbonyl (C=O) groups is 1. The molecule has 0 saturated heterocycles. The minimum Gasteiger partial charge on any atom is -0.486 e. The van der Waals surface area contributed by atoms with Crippen LogP contribution < -0.4 is 4.74 Å². The Hall–Kier alpha value is -2.70. The Morgan fingerprint density at radius 2 is 1.97 bits per heavy atom. The number of aromatic nitrogens is 1. The molecule has 29 heavy (non-hydrogen) atoms. The van der Waals surface area contributed by atoms with E-state index in [0.29, 0.717) is 31.9 Å². The number of thiazole rings is 1. The first-order valence-corrected chi connectivity index (χ1v) is 10.4. The summed E-state index contributed by atoms with van der Waals surface area (Å²) >= 11 is 1.54. The summed E-state index contributed by atoms with van der Waals surface area (Å²) in [4.78, 5) is 19.5. The second-order valence-corrected chi connectivity index (χ2v) is 7.81. The fraction of sp³-hybridized carbons (Fsp3) is 0.304. The maximum absolute atomic E-state index is 13.0. The van der Waals surface area contributed by atoms with E-state index in [9.17, 15) is 4.79 Å². The Kier molecular flexibility index (Phi) is 7.38. The van der Waals surface area contributed by atoms with Gasteiger partial charge in [-0.15, -0.1) is 11.3 Å². The van der Waals surface area contributed by atoms with E-state index in [4.69, 9.17) is 9.47 Å². The summed E-state index contributed by atoms with van der Waals surface area (Å²) in [5.74, 6) is 0.823. The van der Waals surface area contributed by atoms with Crippen molar-refractivity contribution in [2.24, 2.45) is 0 Å². The van der Waals surface area contributed by atoms with E-state index in [-0.39, 0.29) is 5.91 Å². The van der Waals surface area contributed by atoms with Gasteiger partial charge in [-0.3, -0.25) is 4.79 Å². The van der Waals surface area contributed by atoms with Crippen LogP contribution in [0.1, 0.15) is 32.2 Å². The van der Waals surface area contributed by atoms with Crippen molar-refractivity contribution in [3.8, 4) is 5.75 Å². The third-order valence-corrected chi connectivity index (χ3v) is 5.40. The molecule has 2 aromatic carbocycles. The Balaban J connectivity index is 1.67. The summed E-state index contributed by atoms with van der Waals surface area (Å²) in [7, 11) is 1.64. The van der Waals surface area contributed by atoms with Crippen molar-refractivity contribution in [3.63, 3.8) is 0 Å². The summed E-state index contributed by atoms with van der Waals surface area (Å²) in [5, 5.41) is 2.87. The van der Waals surface area contributed by atoms with Crippen LogP contribution in [-0.2, 0) is 17.9 Å². The zero-order valence-electron chi connectivity index (χ0n) is 17.1. The summed E-state index contributed by atoms with van der Waals surface area (Å²) < 4.78 is 11.0. The van der Waals surface area contributed by atoms with Crippen LogP contribution in [0.5, 0.6) is 5.75 Å². The van der Waals surface area contributed by atoms with E-state index < -0.39 is 0 Å². The van der Waals surface area contributed by atoms with Gasteiger partial charge in [-0.25, -0.2) is 4.98 Å². The van der Waals surface area contributed by atoms with E-state index in [1.165, 1.54) is 0 Å². The molecule has 5 nitrogen and oxygen atoms in total. The summed E-state index contributed by atoms with van der Waals surface area (Å²) in [6.45, 7) is 5.83. The smallest absolute Gasteiger partial charge is 0.254 e. The maximum Gasteiger partial charge on any atom is 0.254 e. The molecule has 0 aliphatic rings. The lowest BCUT2D eigenvalue weighted by Gasteiger charge is -2.22. The van der Waals surface area contributed by atoms with Crippen molar-refractivity contribution in [3.05, 3.63) is 81.3 Å². The Morgan fingerprint density at radius 1 is 1.14 bits per heavy atom. The highest BCUT2D eigenvalue weighted by Crippen LogP contribution is 2.19. The average molecular weight is 411 g/mol. The van der Waals surface area contributed by atoms with Gasteiger partial charge in [0.05, 0.1) is 18.8 Å². The third kappa shape index (κ3) is 5.89. The quantitative estimate of drug-likeness (QED) is 0.516. The van der Waals surface area contributed by atoms with Gasteiger partial charge in [-0.2, -0.15) is 0 Å². The van der Waals surface area contributed by atoms with Crippen molar-refractivity contribution < 1.29 is 14.3 Å². The molecule has 6 heteroatoms. The lowest BCUT2D eigenvalue weighted by atomic mass is 10.1. The zero-order valence-corrected chi connectivity index (χ0v) is 17.9. The molecule has 0 saturated carbocycles. The van der Waals surface area contributed by atoms with Gasteiger partial charge in [0.15, 0.2) is 0 Å². The molecule has 0 atom stereocenters. The van der Waals surface area contributed by atoms with Crippen LogP contribution in [0.4, 0.5) is 0 Å². The first-order chi connectivity index (χ1) is 14.1. The van der Waals surface area contributed by atoms with E-state index in [2.05, 4.69) is 4.98 Å². The predicted octanol–water partition coefficient (Wildman–Crippen LogP) is 4.63. The molecule has 0 aliphatic heterocycles. The molecule has 3 rings (SSSR count). The number of amides is 1.